The minimum absolute atomic E-state index is 0.491. The van der Waals surface area contributed by atoms with Crippen LogP contribution in [-0.2, 0) is 4.79 Å². The summed E-state index contributed by atoms with van der Waals surface area (Å²) in [4.78, 5) is 12.1. The SMILES string of the molecule is N#C[C@H](C(=O)N/N=C\c1ccc(-c2ccc(Br)cc2)o1)c1ccccc1. The lowest BCUT2D eigenvalue weighted by Gasteiger charge is -2.06. The maximum atomic E-state index is 12.1. The van der Waals surface area contributed by atoms with Gasteiger partial charge in [0.2, 0.25) is 0 Å². The lowest BCUT2D eigenvalue weighted by molar-refractivity contribution is -0.121. The first kappa shape index (κ1) is 17.6. The molecule has 1 atom stereocenters. The third-order valence-corrected chi connectivity index (χ3v) is 4.17. The maximum Gasteiger partial charge on any atom is 0.261 e. The van der Waals surface area contributed by atoms with E-state index >= 15 is 0 Å². The number of rotatable bonds is 5. The fraction of sp³-hybridized carbons (Fsp3) is 0.0500. The summed E-state index contributed by atoms with van der Waals surface area (Å²) in [6.07, 6.45) is 1.40. The van der Waals surface area contributed by atoms with Gasteiger partial charge in [-0.1, -0.05) is 58.4 Å². The van der Waals surface area contributed by atoms with Gasteiger partial charge in [0.05, 0.1) is 12.3 Å². The second kappa shape index (κ2) is 8.28. The van der Waals surface area contributed by atoms with Crippen LogP contribution in [0.3, 0.4) is 0 Å². The van der Waals surface area contributed by atoms with Gasteiger partial charge in [0, 0.05) is 10.0 Å². The molecular weight excluding hydrogens is 394 g/mol. The summed E-state index contributed by atoms with van der Waals surface area (Å²) in [5.74, 6) is -0.209. The molecule has 0 fully saturated rings. The van der Waals surface area contributed by atoms with E-state index in [1.54, 1.807) is 30.3 Å². The Bertz CT molecular complexity index is 957. The Balaban J connectivity index is 1.64. The predicted molar refractivity (Wildman–Crippen MR) is 102 cm³/mol. The van der Waals surface area contributed by atoms with Crippen molar-refractivity contribution < 1.29 is 9.21 Å². The van der Waals surface area contributed by atoms with E-state index in [2.05, 4.69) is 26.5 Å². The Labute approximate surface area is 159 Å². The molecule has 0 saturated carbocycles. The van der Waals surface area contributed by atoms with E-state index in [1.165, 1.54) is 6.21 Å². The summed E-state index contributed by atoms with van der Waals surface area (Å²) < 4.78 is 6.67. The van der Waals surface area contributed by atoms with Crippen LogP contribution in [0.15, 0.2) is 80.7 Å². The van der Waals surface area contributed by atoms with Gasteiger partial charge in [-0.25, -0.2) is 5.43 Å². The lowest BCUT2D eigenvalue weighted by Crippen LogP contribution is -2.24. The number of hydrogen-bond acceptors (Lipinski definition) is 4. The maximum absolute atomic E-state index is 12.1. The van der Waals surface area contributed by atoms with Crippen molar-refractivity contribution >= 4 is 28.1 Å². The molecule has 0 saturated heterocycles. The molecule has 1 N–H and O–H groups in total. The highest BCUT2D eigenvalue weighted by Gasteiger charge is 2.19. The zero-order valence-corrected chi connectivity index (χ0v) is 15.2. The van der Waals surface area contributed by atoms with Gasteiger partial charge in [-0.15, -0.1) is 0 Å². The Morgan fingerprint density at radius 2 is 1.85 bits per heavy atom. The molecule has 0 spiro atoms. The molecule has 0 radical (unpaired) electrons. The standard InChI is InChI=1S/C20H14BrN3O2/c21-16-8-6-15(7-9-16)19-11-10-17(26-19)13-23-24-20(25)18(12-22)14-4-2-1-3-5-14/h1-11,13,18H,(H,24,25)/b23-13-/t18-/m0/s1. The third kappa shape index (κ3) is 4.26. The van der Waals surface area contributed by atoms with Crippen LogP contribution < -0.4 is 5.43 Å². The normalized spacial score (nSPS) is 11.8. The fourth-order valence-corrected chi connectivity index (χ4v) is 2.61. The molecule has 5 nitrogen and oxygen atoms in total. The molecule has 1 aromatic heterocycles. The number of carbonyl (C=O) groups excluding carboxylic acids is 1. The number of amides is 1. The van der Waals surface area contributed by atoms with Gasteiger partial charge in [0.1, 0.15) is 11.5 Å². The minimum atomic E-state index is -0.914. The van der Waals surface area contributed by atoms with E-state index < -0.39 is 11.8 Å². The van der Waals surface area contributed by atoms with Crippen LogP contribution in [0.4, 0.5) is 0 Å². The average Bonchev–Trinajstić information content (AvgIpc) is 3.13. The molecule has 1 amide bonds. The van der Waals surface area contributed by atoms with Crippen LogP contribution in [0.5, 0.6) is 0 Å². The number of halogens is 1. The topological polar surface area (TPSA) is 78.4 Å². The molecule has 1 heterocycles. The first-order valence-electron chi connectivity index (χ1n) is 7.80. The molecular formula is C20H14BrN3O2. The molecule has 128 valence electrons. The van der Waals surface area contributed by atoms with Crippen molar-refractivity contribution in [2.45, 2.75) is 5.92 Å². The first-order valence-corrected chi connectivity index (χ1v) is 8.60. The van der Waals surface area contributed by atoms with Crippen molar-refractivity contribution in [1.82, 2.24) is 5.43 Å². The molecule has 26 heavy (non-hydrogen) atoms. The van der Waals surface area contributed by atoms with Crippen LogP contribution in [0.25, 0.3) is 11.3 Å². The quantitative estimate of drug-likeness (QED) is 0.500. The van der Waals surface area contributed by atoms with Crippen molar-refractivity contribution in [2.75, 3.05) is 0 Å². The largest absolute Gasteiger partial charge is 0.455 e. The molecule has 6 heteroatoms. The second-order valence-electron chi connectivity index (χ2n) is 5.42. The number of benzene rings is 2. The van der Waals surface area contributed by atoms with Gasteiger partial charge in [-0.05, 0) is 29.8 Å². The van der Waals surface area contributed by atoms with Crippen molar-refractivity contribution in [1.29, 1.82) is 5.26 Å². The Kier molecular flexibility index (Phi) is 5.62. The minimum Gasteiger partial charge on any atom is -0.455 e. The Morgan fingerprint density at radius 3 is 2.54 bits per heavy atom. The highest BCUT2D eigenvalue weighted by atomic mass is 79.9. The second-order valence-corrected chi connectivity index (χ2v) is 6.33. The number of furan rings is 1. The molecule has 0 aliphatic heterocycles. The van der Waals surface area contributed by atoms with E-state index in [0.29, 0.717) is 17.1 Å². The predicted octanol–water partition coefficient (Wildman–Crippen LogP) is 4.47. The summed E-state index contributed by atoms with van der Waals surface area (Å²) in [7, 11) is 0. The Morgan fingerprint density at radius 1 is 1.12 bits per heavy atom. The molecule has 0 aliphatic carbocycles. The molecule has 2 aromatic carbocycles. The van der Waals surface area contributed by atoms with Gasteiger partial charge < -0.3 is 4.42 Å². The van der Waals surface area contributed by atoms with E-state index in [1.807, 2.05) is 42.5 Å². The smallest absolute Gasteiger partial charge is 0.261 e. The molecule has 0 bridgehead atoms. The molecule has 0 unspecified atom stereocenters. The molecule has 3 aromatic rings. The van der Waals surface area contributed by atoms with Crippen molar-refractivity contribution in [3.05, 3.63) is 82.5 Å². The van der Waals surface area contributed by atoms with E-state index in [9.17, 15) is 10.1 Å². The highest BCUT2D eigenvalue weighted by Crippen LogP contribution is 2.23. The van der Waals surface area contributed by atoms with Gasteiger partial charge in [-0.3, -0.25) is 4.79 Å². The average molecular weight is 408 g/mol. The van der Waals surface area contributed by atoms with E-state index in [4.69, 9.17) is 4.42 Å². The van der Waals surface area contributed by atoms with Crippen molar-refractivity contribution in [3.8, 4) is 17.4 Å². The zero-order valence-electron chi connectivity index (χ0n) is 13.6. The van der Waals surface area contributed by atoms with Gasteiger partial charge in [0.25, 0.3) is 5.91 Å². The molecule has 0 aliphatic rings. The van der Waals surface area contributed by atoms with Gasteiger partial charge in [0.15, 0.2) is 5.92 Å². The molecule has 3 rings (SSSR count). The van der Waals surface area contributed by atoms with Gasteiger partial charge in [-0.2, -0.15) is 10.4 Å². The number of carbonyl (C=O) groups is 1. The summed E-state index contributed by atoms with van der Waals surface area (Å²) >= 11 is 3.39. The third-order valence-electron chi connectivity index (χ3n) is 3.65. The van der Waals surface area contributed by atoms with Crippen LogP contribution in [0, 0.1) is 11.3 Å². The number of hydrogen-bond donors (Lipinski definition) is 1. The zero-order chi connectivity index (χ0) is 18.4. The Hall–Kier alpha value is -3.17. The van der Waals surface area contributed by atoms with Crippen molar-refractivity contribution in [3.63, 3.8) is 0 Å². The summed E-state index contributed by atoms with van der Waals surface area (Å²) in [6, 6.07) is 22.1. The van der Waals surface area contributed by atoms with Gasteiger partial charge >= 0.3 is 0 Å². The summed E-state index contributed by atoms with van der Waals surface area (Å²) in [5, 5.41) is 13.1. The van der Waals surface area contributed by atoms with Crippen LogP contribution in [0.2, 0.25) is 0 Å². The summed E-state index contributed by atoms with van der Waals surface area (Å²) in [5.41, 5.74) is 3.94. The number of hydrazone groups is 1. The first-order chi connectivity index (χ1) is 12.7. The van der Waals surface area contributed by atoms with Crippen LogP contribution >= 0.6 is 15.9 Å². The monoisotopic (exact) mass is 407 g/mol. The number of nitrogens with zero attached hydrogens (tertiary/aromatic N) is 2. The van der Waals surface area contributed by atoms with Crippen LogP contribution in [-0.4, -0.2) is 12.1 Å². The number of nitriles is 1. The highest BCUT2D eigenvalue weighted by molar-refractivity contribution is 9.10. The van der Waals surface area contributed by atoms with Crippen molar-refractivity contribution in [2.24, 2.45) is 5.10 Å². The van der Waals surface area contributed by atoms with E-state index in [0.717, 1.165) is 10.0 Å². The summed E-state index contributed by atoms with van der Waals surface area (Å²) in [6.45, 7) is 0. The number of nitrogens with one attached hydrogen (secondary N) is 1. The fourth-order valence-electron chi connectivity index (χ4n) is 2.35. The lowest BCUT2D eigenvalue weighted by atomic mass is 10.0. The van der Waals surface area contributed by atoms with Crippen LogP contribution in [0.1, 0.15) is 17.2 Å². The van der Waals surface area contributed by atoms with E-state index in [-0.39, 0.29) is 0 Å².